The summed E-state index contributed by atoms with van der Waals surface area (Å²) in [6.07, 6.45) is -0.0701. The van der Waals surface area contributed by atoms with Crippen molar-refractivity contribution in [2.24, 2.45) is 0 Å². The summed E-state index contributed by atoms with van der Waals surface area (Å²) < 4.78 is 10.5. The average molecular weight is 291 g/mol. The molecule has 0 saturated heterocycles. The van der Waals surface area contributed by atoms with Gasteiger partial charge in [-0.05, 0) is 39.3 Å². The minimum absolute atomic E-state index is 0.286. The van der Waals surface area contributed by atoms with Crippen LogP contribution < -0.4 is 4.90 Å². The molecule has 1 aliphatic rings. The SMILES string of the molecule is CCOC(=O)C1Cc2ccccc2N1C(=O)OC(C)(C)C. The van der Waals surface area contributed by atoms with Crippen molar-refractivity contribution in [1.82, 2.24) is 0 Å². The van der Waals surface area contributed by atoms with Crippen molar-refractivity contribution in [2.75, 3.05) is 11.5 Å². The molecule has 1 amide bonds. The zero-order valence-corrected chi connectivity index (χ0v) is 12.9. The van der Waals surface area contributed by atoms with Crippen molar-refractivity contribution >= 4 is 17.7 Å². The lowest BCUT2D eigenvalue weighted by molar-refractivity contribution is -0.144. The largest absolute Gasteiger partial charge is 0.464 e. The Morgan fingerprint density at radius 2 is 1.95 bits per heavy atom. The number of fused-ring (bicyclic) bond motifs is 1. The molecule has 1 unspecified atom stereocenters. The molecule has 0 bridgehead atoms. The lowest BCUT2D eigenvalue weighted by Crippen LogP contribution is -2.46. The fourth-order valence-corrected chi connectivity index (χ4v) is 2.35. The lowest BCUT2D eigenvalue weighted by atomic mass is 10.1. The van der Waals surface area contributed by atoms with E-state index in [9.17, 15) is 9.59 Å². The summed E-state index contributed by atoms with van der Waals surface area (Å²) in [6.45, 7) is 7.43. The summed E-state index contributed by atoms with van der Waals surface area (Å²) in [6, 6.07) is 6.80. The number of amides is 1. The molecule has 0 fully saturated rings. The summed E-state index contributed by atoms with van der Waals surface area (Å²) in [5.74, 6) is -0.403. The average Bonchev–Trinajstić information content (AvgIpc) is 2.76. The molecule has 1 aliphatic heterocycles. The molecule has 1 aromatic carbocycles. The molecular weight excluding hydrogens is 270 g/mol. The number of esters is 1. The van der Waals surface area contributed by atoms with Crippen LogP contribution in [-0.2, 0) is 20.7 Å². The third kappa shape index (κ3) is 3.35. The normalized spacial score (nSPS) is 17.3. The monoisotopic (exact) mass is 291 g/mol. The van der Waals surface area contributed by atoms with E-state index in [1.807, 2.05) is 24.3 Å². The number of benzene rings is 1. The molecule has 21 heavy (non-hydrogen) atoms. The van der Waals surface area contributed by atoms with E-state index in [4.69, 9.17) is 9.47 Å². The molecule has 0 saturated carbocycles. The van der Waals surface area contributed by atoms with Gasteiger partial charge in [0.05, 0.1) is 12.3 Å². The molecule has 114 valence electrons. The van der Waals surface area contributed by atoms with Crippen molar-refractivity contribution in [3.05, 3.63) is 29.8 Å². The van der Waals surface area contributed by atoms with E-state index in [1.54, 1.807) is 27.7 Å². The number of hydrogen-bond acceptors (Lipinski definition) is 4. The summed E-state index contributed by atoms with van der Waals surface area (Å²) in [4.78, 5) is 26.0. The Labute approximate surface area is 124 Å². The fraction of sp³-hybridized carbons (Fsp3) is 0.500. The first-order valence-corrected chi connectivity index (χ1v) is 7.10. The molecule has 0 N–H and O–H groups in total. The number of rotatable bonds is 2. The first-order chi connectivity index (χ1) is 9.83. The predicted octanol–water partition coefficient (Wildman–Crippen LogP) is 2.92. The summed E-state index contributed by atoms with van der Waals surface area (Å²) in [5, 5.41) is 0. The third-order valence-corrected chi connectivity index (χ3v) is 3.12. The first kappa shape index (κ1) is 15.4. The van der Waals surface area contributed by atoms with Crippen molar-refractivity contribution in [1.29, 1.82) is 0 Å². The molecule has 0 aliphatic carbocycles. The van der Waals surface area contributed by atoms with Crippen LogP contribution in [0.15, 0.2) is 24.3 Å². The molecule has 0 aromatic heterocycles. The van der Waals surface area contributed by atoms with Crippen LogP contribution in [0.4, 0.5) is 10.5 Å². The first-order valence-electron chi connectivity index (χ1n) is 7.10. The van der Waals surface area contributed by atoms with Gasteiger partial charge in [0.25, 0.3) is 0 Å². The number of para-hydroxylation sites is 1. The molecular formula is C16H21NO4. The van der Waals surface area contributed by atoms with E-state index in [1.165, 1.54) is 4.90 Å². The van der Waals surface area contributed by atoms with E-state index in [-0.39, 0.29) is 6.61 Å². The Hall–Kier alpha value is -2.04. The van der Waals surface area contributed by atoms with Crippen LogP contribution in [0.5, 0.6) is 0 Å². The summed E-state index contributed by atoms with van der Waals surface area (Å²) in [5.41, 5.74) is 1.04. The number of carbonyl (C=O) groups is 2. The second kappa shape index (κ2) is 5.76. The molecule has 5 heteroatoms. The number of carbonyl (C=O) groups excluding carboxylic acids is 2. The lowest BCUT2D eigenvalue weighted by Gasteiger charge is -2.28. The Balaban J connectivity index is 2.31. The number of ether oxygens (including phenoxy) is 2. The highest BCUT2D eigenvalue weighted by molar-refractivity contribution is 5.99. The topological polar surface area (TPSA) is 55.8 Å². The second-order valence-electron chi connectivity index (χ2n) is 5.95. The quantitative estimate of drug-likeness (QED) is 0.786. The molecule has 0 radical (unpaired) electrons. The summed E-state index contributed by atoms with van der Waals surface area (Å²) >= 11 is 0. The molecule has 1 aromatic rings. The van der Waals surface area contributed by atoms with Crippen molar-refractivity contribution in [2.45, 2.75) is 45.8 Å². The van der Waals surface area contributed by atoms with Crippen LogP contribution in [0.25, 0.3) is 0 Å². The highest BCUT2D eigenvalue weighted by atomic mass is 16.6. The Morgan fingerprint density at radius 1 is 1.29 bits per heavy atom. The highest BCUT2D eigenvalue weighted by Gasteiger charge is 2.41. The second-order valence-corrected chi connectivity index (χ2v) is 5.95. The van der Waals surface area contributed by atoms with Crippen LogP contribution >= 0.6 is 0 Å². The van der Waals surface area contributed by atoms with E-state index < -0.39 is 23.7 Å². The maximum absolute atomic E-state index is 12.4. The van der Waals surface area contributed by atoms with Gasteiger partial charge in [0.2, 0.25) is 0 Å². The Morgan fingerprint density at radius 3 is 2.57 bits per heavy atom. The Bertz CT molecular complexity index is 547. The minimum atomic E-state index is -0.655. The van der Waals surface area contributed by atoms with Gasteiger partial charge in [-0.1, -0.05) is 18.2 Å². The van der Waals surface area contributed by atoms with Crippen molar-refractivity contribution in [3.63, 3.8) is 0 Å². The van der Waals surface area contributed by atoms with Crippen molar-refractivity contribution < 1.29 is 19.1 Å². The van der Waals surface area contributed by atoms with E-state index in [0.29, 0.717) is 12.1 Å². The molecule has 2 rings (SSSR count). The van der Waals surface area contributed by atoms with Crippen LogP contribution in [0, 0.1) is 0 Å². The molecule has 5 nitrogen and oxygen atoms in total. The van der Waals surface area contributed by atoms with Gasteiger partial charge < -0.3 is 9.47 Å². The molecule has 1 heterocycles. The van der Waals surface area contributed by atoms with Gasteiger partial charge in [-0.25, -0.2) is 9.59 Å². The predicted molar refractivity (Wildman–Crippen MR) is 79.3 cm³/mol. The van der Waals surface area contributed by atoms with Gasteiger partial charge in [-0.15, -0.1) is 0 Å². The zero-order valence-electron chi connectivity index (χ0n) is 12.9. The number of hydrogen-bond donors (Lipinski definition) is 0. The zero-order chi connectivity index (χ0) is 15.6. The minimum Gasteiger partial charge on any atom is -0.464 e. The smallest absolute Gasteiger partial charge is 0.415 e. The van der Waals surface area contributed by atoms with Gasteiger partial charge in [-0.2, -0.15) is 0 Å². The Kier molecular flexibility index (Phi) is 4.21. The van der Waals surface area contributed by atoms with E-state index in [2.05, 4.69) is 0 Å². The standard InChI is InChI=1S/C16H21NO4/c1-5-20-14(18)13-10-11-8-6-7-9-12(11)17(13)15(19)21-16(2,3)4/h6-9,13H,5,10H2,1-4H3. The molecule has 0 spiro atoms. The number of anilines is 1. The van der Waals surface area contributed by atoms with Gasteiger partial charge >= 0.3 is 12.1 Å². The van der Waals surface area contributed by atoms with Crippen molar-refractivity contribution in [3.8, 4) is 0 Å². The summed E-state index contributed by atoms with van der Waals surface area (Å²) in [7, 11) is 0. The van der Waals surface area contributed by atoms with E-state index >= 15 is 0 Å². The number of nitrogens with zero attached hydrogens (tertiary/aromatic N) is 1. The highest BCUT2D eigenvalue weighted by Crippen LogP contribution is 2.33. The van der Waals surface area contributed by atoms with Crippen LogP contribution in [0.1, 0.15) is 33.3 Å². The fourth-order valence-electron chi connectivity index (χ4n) is 2.35. The van der Waals surface area contributed by atoms with Crippen LogP contribution in [-0.4, -0.2) is 30.3 Å². The van der Waals surface area contributed by atoms with Gasteiger partial charge in [0.15, 0.2) is 0 Å². The maximum Gasteiger partial charge on any atom is 0.415 e. The third-order valence-electron chi connectivity index (χ3n) is 3.12. The molecule has 1 atom stereocenters. The van der Waals surface area contributed by atoms with E-state index in [0.717, 1.165) is 5.56 Å². The van der Waals surface area contributed by atoms with Gasteiger partial charge in [0, 0.05) is 6.42 Å². The maximum atomic E-state index is 12.4. The van der Waals surface area contributed by atoms with Gasteiger partial charge in [0.1, 0.15) is 11.6 Å². The van der Waals surface area contributed by atoms with Crippen LogP contribution in [0.3, 0.4) is 0 Å². The van der Waals surface area contributed by atoms with Gasteiger partial charge in [-0.3, -0.25) is 4.90 Å². The van der Waals surface area contributed by atoms with Crippen LogP contribution in [0.2, 0.25) is 0 Å².